The number of hydrogen-bond acceptors (Lipinski definition) is 5. The van der Waals surface area contributed by atoms with Crippen LogP contribution in [0.3, 0.4) is 0 Å². The van der Waals surface area contributed by atoms with Crippen molar-refractivity contribution in [2.24, 2.45) is 0 Å². The summed E-state index contributed by atoms with van der Waals surface area (Å²) < 4.78 is 5.06. The van der Waals surface area contributed by atoms with Gasteiger partial charge in [0.2, 0.25) is 11.8 Å². The molecule has 0 aromatic heterocycles. The maximum atomic E-state index is 12.4. The van der Waals surface area contributed by atoms with E-state index in [1.807, 2.05) is 72.8 Å². The first-order valence-corrected chi connectivity index (χ1v) is 11.8. The van der Waals surface area contributed by atoms with Gasteiger partial charge in [-0.15, -0.1) is 0 Å². The molecule has 0 radical (unpaired) electrons. The van der Waals surface area contributed by atoms with E-state index in [1.165, 1.54) is 0 Å². The van der Waals surface area contributed by atoms with Crippen LogP contribution in [0.2, 0.25) is 0 Å². The summed E-state index contributed by atoms with van der Waals surface area (Å²) in [5.41, 5.74) is 3.47. The molecule has 0 bridgehead atoms. The summed E-state index contributed by atoms with van der Waals surface area (Å²) in [6, 6.07) is 25.4. The summed E-state index contributed by atoms with van der Waals surface area (Å²) in [5.74, 6) is -2.03. The van der Waals surface area contributed by atoms with Gasteiger partial charge in [-0.05, 0) is 22.3 Å². The van der Waals surface area contributed by atoms with Crippen molar-refractivity contribution in [3.05, 3.63) is 96.1 Å². The largest absolute Gasteiger partial charge is 0.481 e. The first-order chi connectivity index (χ1) is 17.9. The van der Waals surface area contributed by atoms with E-state index in [4.69, 9.17) is 4.74 Å². The second kappa shape index (κ2) is 14.0. The van der Waals surface area contributed by atoms with Crippen LogP contribution in [0.15, 0.2) is 84.9 Å². The van der Waals surface area contributed by atoms with Crippen molar-refractivity contribution in [3.8, 4) is 11.1 Å². The van der Waals surface area contributed by atoms with E-state index in [1.54, 1.807) is 12.1 Å². The minimum Gasteiger partial charge on any atom is -0.481 e. The first-order valence-electron chi connectivity index (χ1n) is 11.8. The molecule has 1 atom stereocenters. The van der Waals surface area contributed by atoms with E-state index >= 15 is 0 Å². The second-order valence-electron chi connectivity index (χ2n) is 8.22. The molecule has 0 aliphatic carbocycles. The van der Waals surface area contributed by atoms with Crippen LogP contribution in [-0.4, -0.2) is 42.1 Å². The highest BCUT2D eigenvalue weighted by atomic mass is 16.5. The summed E-state index contributed by atoms with van der Waals surface area (Å²) in [7, 11) is 0. The molecule has 0 heterocycles. The molecule has 0 aliphatic rings. The summed E-state index contributed by atoms with van der Waals surface area (Å²) in [5, 5.41) is 16.9. The van der Waals surface area contributed by atoms with Gasteiger partial charge in [0, 0.05) is 13.0 Å². The lowest BCUT2D eigenvalue weighted by Gasteiger charge is -2.18. The van der Waals surface area contributed by atoms with Crippen LogP contribution in [0.5, 0.6) is 0 Å². The van der Waals surface area contributed by atoms with Gasteiger partial charge in [0.15, 0.2) is 0 Å². The number of aliphatic carboxylic acids is 1. The van der Waals surface area contributed by atoms with Gasteiger partial charge in [0.05, 0.1) is 19.0 Å². The molecule has 0 spiro atoms. The Morgan fingerprint density at radius 1 is 0.757 bits per heavy atom. The summed E-state index contributed by atoms with van der Waals surface area (Å²) in [6.07, 6.45) is -1.00. The molecular formula is C28H29N3O6. The third-order valence-corrected chi connectivity index (χ3v) is 5.41. The Morgan fingerprint density at radius 3 is 2.03 bits per heavy atom. The van der Waals surface area contributed by atoms with Crippen molar-refractivity contribution in [2.75, 3.05) is 13.1 Å². The molecule has 192 valence electrons. The number of rotatable bonds is 12. The van der Waals surface area contributed by atoms with Crippen LogP contribution in [0, 0.1) is 0 Å². The smallest absolute Gasteiger partial charge is 0.407 e. The van der Waals surface area contributed by atoms with E-state index in [9.17, 15) is 24.3 Å². The van der Waals surface area contributed by atoms with E-state index < -0.39 is 29.9 Å². The lowest BCUT2D eigenvalue weighted by atomic mass is 9.99. The third kappa shape index (κ3) is 9.48. The van der Waals surface area contributed by atoms with Gasteiger partial charge in [0.25, 0.3) is 0 Å². The fraction of sp³-hybridized carbons (Fsp3) is 0.214. The van der Waals surface area contributed by atoms with Crippen molar-refractivity contribution in [1.82, 2.24) is 16.0 Å². The van der Waals surface area contributed by atoms with Crippen LogP contribution >= 0.6 is 0 Å². The van der Waals surface area contributed by atoms with Gasteiger partial charge >= 0.3 is 12.1 Å². The number of carboxylic acid groups (broad SMARTS) is 1. The number of nitrogens with one attached hydrogen (secondary N) is 3. The lowest BCUT2D eigenvalue weighted by Crippen LogP contribution is -2.40. The maximum absolute atomic E-state index is 12.4. The van der Waals surface area contributed by atoms with Crippen molar-refractivity contribution in [1.29, 1.82) is 0 Å². The van der Waals surface area contributed by atoms with Gasteiger partial charge in [-0.1, -0.05) is 84.9 Å². The van der Waals surface area contributed by atoms with Crippen LogP contribution in [0.25, 0.3) is 11.1 Å². The molecule has 37 heavy (non-hydrogen) atoms. The van der Waals surface area contributed by atoms with Crippen molar-refractivity contribution >= 4 is 23.9 Å². The summed E-state index contributed by atoms with van der Waals surface area (Å²) in [4.78, 5) is 47.5. The molecule has 0 fully saturated rings. The monoisotopic (exact) mass is 503 g/mol. The average Bonchev–Trinajstić information content (AvgIpc) is 2.91. The van der Waals surface area contributed by atoms with E-state index in [-0.39, 0.29) is 32.5 Å². The number of hydrogen-bond donors (Lipinski definition) is 4. The van der Waals surface area contributed by atoms with Gasteiger partial charge < -0.3 is 25.8 Å². The highest BCUT2D eigenvalue weighted by molar-refractivity contribution is 5.85. The van der Waals surface area contributed by atoms with Crippen molar-refractivity contribution in [3.63, 3.8) is 0 Å². The SMILES string of the molecule is O=C(O)CC(NC(=O)CNC(=O)CCNC(=O)OCc1ccccc1)c1ccc(-c2ccccc2)cc1. The number of ether oxygens (including phenoxy) is 1. The van der Waals surface area contributed by atoms with E-state index in [2.05, 4.69) is 16.0 Å². The maximum Gasteiger partial charge on any atom is 0.407 e. The number of amides is 3. The average molecular weight is 504 g/mol. The Kier molecular flexibility index (Phi) is 10.2. The summed E-state index contributed by atoms with van der Waals surface area (Å²) in [6.45, 7) is -0.169. The van der Waals surface area contributed by atoms with Crippen LogP contribution in [0.4, 0.5) is 4.79 Å². The number of carbonyl (C=O) groups is 4. The molecule has 9 heteroatoms. The molecule has 0 saturated carbocycles. The van der Waals surface area contributed by atoms with Gasteiger partial charge in [0.1, 0.15) is 6.61 Å². The molecule has 9 nitrogen and oxygen atoms in total. The summed E-state index contributed by atoms with van der Waals surface area (Å²) >= 11 is 0. The minimum atomic E-state index is -1.06. The predicted molar refractivity (Wildman–Crippen MR) is 137 cm³/mol. The quantitative estimate of drug-likeness (QED) is 0.299. The van der Waals surface area contributed by atoms with E-state index in [0.29, 0.717) is 5.56 Å². The third-order valence-electron chi connectivity index (χ3n) is 5.41. The fourth-order valence-electron chi connectivity index (χ4n) is 3.53. The molecule has 1 unspecified atom stereocenters. The number of carbonyl (C=O) groups excluding carboxylic acids is 3. The van der Waals surface area contributed by atoms with Crippen LogP contribution in [-0.2, 0) is 25.7 Å². The highest BCUT2D eigenvalue weighted by Crippen LogP contribution is 2.23. The Morgan fingerprint density at radius 2 is 1.38 bits per heavy atom. The van der Waals surface area contributed by atoms with Crippen LogP contribution < -0.4 is 16.0 Å². The van der Waals surface area contributed by atoms with Crippen molar-refractivity contribution in [2.45, 2.75) is 25.5 Å². The zero-order chi connectivity index (χ0) is 26.5. The normalized spacial score (nSPS) is 11.1. The van der Waals surface area contributed by atoms with Gasteiger partial charge in [-0.2, -0.15) is 0 Å². The molecule has 0 saturated heterocycles. The van der Waals surface area contributed by atoms with Gasteiger partial charge in [-0.3, -0.25) is 14.4 Å². The number of alkyl carbamates (subject to hydrolysis) is 1. The topological polar surface area (TPSA) is 134 Å². The zero-order valence-corrected chi connectivity index (χ0v) is 20.2. The van der Waals surface area contributed by atoms with E-state index in [0.717, 1.165) is 16.7 Å². The Bertz CT molecular complexity index is 1180. The molecule has 3 amide bonds. The lowest BCUT2D eigenvalue weighted by molar-refractivity contribution is -0.138. The number of carboxylic acids is 1. The van der Waals surface area contributed by atoms with Crippen molar-refractivity contribution < 1.29 is 29.0 Å². The standard InChI is InChI=1S/C28H29N3O6/c32-25(15-16-29-28(36)37-19-20-7-3-1-4-8-20)30-18-26(33)31-24(17-27(34)35)23-13-11-22(12-14-23)21-9-5-2-6-10-21/h1-14,24H,15-19H2,(H,29,36)(H,30,32)(H,31,33)(H,34,35). The Balaban J connectivity index is 1.41. The number of benzene rings is 3. The minimum absolute atomic E-state index is 0.0382. The second-order valence-corrected chi connectivity index (χ2v) is 8.22. The fourth-order valence-corrected chi connectivity index (χ4v) is 3.53. The molecule has 0 aliphatic heterocycles. The predicted octanol–water partition coefficient (Wildman–Crippen LogP) is 3.42. The molecule has 3 aromatic rings. The zero-order valence-electron chi connectivity index (χ0n) is 20.2. The Hall–Kier alpha value is -4.66. The molecule has 3 aromatic carbocycles. The molecular weight excluding hydrogens is 474 g/mol. The Labute approximate surface area is 214 Å². The van der Waals surface area contributed by atoms with Gasteiger partial charge in [-0.25, -0.2) is 4.79 Å². The molecule has 3 rings (SSSR count). The van der Waals surface area contributed by atoms with Crippen LogP contribution in [0.1, 0.15) is 30.0 Å². The highest BCUT2D eigenvalue weighted by Gasteiger charge is 2.18. The molecule has 4 N–H and O–H groups in total. The first kappa shape index (κ1) is 26.9.